The number of likely N-dealkylation sites (tertiary alicyclic amines) is 1. The van der Waals surface area contributed by atoms with E-state index in [-0.39, 0.29) is 0 Å². The number of nitrogens with one attached hydrogen (secondary N) is 1. The van der Waals surface area contributed by atoms with Crippen molar-refractivity contribution >= 4 is 0 Å². The van der Waals surface area contributed by atoms with Crippen molar-refractivity contribution in [2.75, 3.05) is 33.3 Å². The molecule has 1 aromatic rings. The Morgan fingerprint density at radius 1 is 1.39 bits per heavy atom. The molecule has 18 heavy (non-hydrogen) atoms. The Labute approximate surface area is 110 Å². The third kappa shape index (κ3) is 3.31. The molecule has 0 spiro atoms. The predicted molar refractivity (Wildman–Crippen MR) is 74.7 cm³/mol. The van der Waals surface area contributed by atoms with Crippen LogP contribution in [0, 0.1) is 0 Å². The topological polar surface area (TPSA) is 24.5 Å². The van der Waals surface area contributed by atoms with Gasteiger partial charge in [-0.15, -0.1) is 0 Å². The summed E-state index contributed by atoms with van der Waals surface area (Å²) < 4.78 is 5.47. The second-order valence-corrected chi connectivity index (χ2v) is 4.88. The van der Waals surface area contributed by atoms with E-state index < -0.39 is 0 Å². The molecule has 0 bridgehead atoms. The van der Waals surface area contributed by atoms with Crippen LogP contribution in [0.25, 0.3) is 0 Å². The van der Waals surface area contributed by atoms with Crippen molar-refractivity contribution in [3.05, 3.63) is 35.9 Å². The van der Waals surface area contributed by atoms with E-state index >= 15 is 0 Å². The molecule has 1 aliphatic heterocycles. The summed E-state index contributed by atoms with van der Waals surface area (Å²) in [6.45, 7) is 6.36. The molecule has 100 valence electrons. The first-order valence-electron chi connectivity index (χ1n) is 6.87. The SMILES string of the molecule is CCNCC(c1ccccc1)N1CCC(OC)C1. The third-order valence-electron chi connectivity index (χ3n) is 3.72. The number of hydrogen-bond acceptors (Lipinski definition) is 3. The normalized spacial score (nSPS) is 22.2. The molecule has 2 rings (SSSR count). The molecule has 1 heterocycles. The van der Waals surface area contributed by atoms with Gasteiger partial charge in [-0.2, -0.15) is 0 Å². The molecule has 1 aromatic carbocycles. The molecular weight excluding hydrogens is 224 g/mol. The van der Waals surface area contributed by atoms with Crippen LogP contribution in [0.15, 0.2) is 30.3 Å². The number of likely N-dealkylation sites (N-methyl/N-ethyl adjacent to an activating group) is 1. The van der Waals surface area contributed by atoms with Crippen molar-refractivity contribution in [3.8, 4) is 0 Å². The molecular formula is C15H24N2O. The zero-order chi connectivity index (χ0) is 12.8. The molecule has 1 aliphatic rings. The summed E-state index contributed by atoms with van der Waals surface area (Å²) in [5, 5.41) is 3.47. The molecule has 2 atom stereocenters. The van der Waals surface area contributed by atoms with Crippen LogP contribution in [0.1, 0.15) is 24.9 Å². The van der Waals surface area contributed by atoms with E-state index in [2.05, 4.69) is 47.5 Å². The first-order chi connectivity index (χ1) is 8.85. The molecule has 0 radical (unpaired) electrons. The Hall–Kier alpha value is -0.900. The van der Waals surface area contributed by atoms with Crippen molar-refractivity contribution < 1.29 is 4.74 Å². The average Bonchev–Trinajstić information content (AvgIpc) is 2.89. The minimum atomic E-state index is 0.401. The molecule has 0 amide bonds. The maximum absolute atomic E-state index is 5.47. The second-order valence-electron chi connectivity index (χ2n) is 4.88. The zero-order valence-corrected chi connectivity index (χ0v) is 11.4. The van der Waals surface area contributed by atoms with Gasteiger partial charge < -0.3 is 10.1 Å². The van der Waals surface area contributed by atoms with Crippen LogP contribution in [0.5, 0.6) is 0 Å². The van der Waals surface area contributed by atoms with Crippen LogP contribution in [0.3, 0.4) is 0 Å². The van der Waals surface area contributed by atoms with Crippen molar-refractivity contribution in [3.63, 3.8) is 0 Å². The number of hydrogen-bond donors (Lipinski definition) is 1. The summed E-state index contributed by atoms with van der Waals surface area (Å²) in [5.41, 5.74) is 1.40. The van der Waals surface area contributed by atoms with Gasteiger partial charge in [-0.25, -0.2) is 0 Å². The standard InChI is InChI=1S/C15H24N2O/c1-3-16-11-15(13-7-5-4-6-8-13)17-10-9-14(12-17)18-2/h4-8,14-16H,3,9-12H2,1-2H3. The van der Waals surface area contributed by atoms with Gasteiger partial charge in [0.1, 0.15) is 0 Å². The summed E-state index contributed by atoms with van der Waals surface area (Å²) in [4.78, 5) is 2.53. The molecule has 1 fully saturated rings. The number of benzene rings is 1. The Balaban J connectivity index is 2.06. The highest BCUT2D eigenvalue weighted by molar-refractivity contribution is 5.20. The largest absolute Gasteiger partial charge is 0.380 e. The maximum atomic E-state index is 5.47. The number of nitrogens with zero attached hydrogens (tertiary/aromatic N) is 1. The molecule has 3 heteroatoms. The van der Waals surface area contributed by atoms with Gasteiger partial charge in [0.25, 0.3) is 0 Å². The smallest absolute Gasteiger partial charge is 0.0710 e. The summed E-state index contributed by atoms with van der Waals surface area (Å²) >= 11 is 0. The lowest BCUT2D eigenvalue weighted by Crippen LogP contribution is -2.35. The lowest BCUT2D eigenvalue weighted by molar-refractivity contribution is 0.101. The summed E-state index contributed by atoms with van der Waals surface area (Å²) in [6, 6.07) is 11.2. The summed E-state index contributed by atoms with van der Waals surface area (Å²) in [7, 11) is 1.82. The Morgan fingerprint density at radius 2 is 2.17 bits per heavy atom. The molecule has 0 saturated carbocycles. The van der Waals surface area contributed by atoms with E-state index in [4.69, 9.17) is 4.74 Å². The van der Waals surface area contributed by atoms with E-state index in [9.17, 15) is 0 Å². The Bertz CT molecular complexity index is 342. The van der Waals surface area contributed by atoms with E-state index in [1.807, 2.05) is 7.11 Å². The van der Waals surface area contributed by atoms with Gasteiger partial charge in [0.2, 0.25) is 0 Å². The van der Waals surface area contributed by atoms with Gasteiger partial charge in [0, 0.05) is 32.8 Å². The molecule has 0 aromatic heterocycles. The molecule has 0 aliphatic carbocycles. The van der Waals surface area contributed by atoms with Gasteiger partial charge in [-0.3, -0.25) is 4.90 Å². The molecule has 1 N–H and O–H groups in total. The number of methoxy groups -OCH3 is 1. The Morgan fingerprint density at radius 3 is 2.78 bits per heavy atom. The van der Waals surface area contributed by atoms with E-state index in [0.29, 0.717) is 12.1 Å². The van der Waals surface area contributed by atoms with Gasteiger partial charge in [0.05, 0.1) is 6.10 Å². The third-order valence-corrected chi connectivity index (χ3v) is 3.72. The van der Waals surface area contributed by atoms with Crippen LogP contribution < -0.4 is 5.32 Å². The van der Waals surface area contributed by atoms with Crippen LogP contribution in [-0.4, -0.2) is 44.3 Å². The molecule has 3 nitrogen and oxygen atoms in total. The van der Waals surface area contributed by atoms with Crippen LogP contribution in [0.2, 0.25) is 0 Å². The lowest BCUT2D eigenvalue weighted by Gasteiger charge is -2.28. The van der Waals surface area contributed by atoms with Gasteiger partial charge in [-0.05, 0) is 18.5 Å². The fourth-order valence-corrected chi connectivity index (χ4v) is 2.64. The van der Waals surface area contributed by atoms with Gasteiger partial charge >= 0.3 is 0 Å². The fourth-order valence-electron chi connectivity index (χ4n) is 2.64. The van der Waals surface area contributed by atoms with Crippen molar-refractivity contribution in [1.82, 2.24) is 10.2 Å². The predicted octanol–water partition coefficient (Wildman–Crippen LogP) is 2.06. The highest BCUT2D eigenvalue weighted by Gasteiger charge is 2.28. The number of rotatable bonds is 6. The van der Waals surface area contributed by atoms with Crippen LogP contribution >= 0.6 is 0 Å². The van der Waals surface area contributed by atoms with Crippen molar-refractivity contribution in [1.29, 1.82) is 0 Å². The minimum absolute atomic E-state index is 0.401. The maximum Gasteiger partial charge on any atom is 0.0710 e. The quantitative estimate of drug-likeness (QED) is 0.834. The Kier molecular flexibility index (Phi) is 5.17. The fraction of sp³-hybridized carbons (Fsp3) is 0.600. The highest BCUT2D eigenvalue weighted by Crippen LogP contribution is 2.25. The lowest BCUT2D eigenvalue weighted by atomic mass is 10.1. The second kappa shape index (κ2) is 6.88. The monoisotopic (exact) mass is 248 g/mol. The molecule has 1 saturated heterocycles. The van der Waals surface area contributed by atoms with Crippen molar-refractivity contribution in [2.45, 2.75) is 25.5 Å². The van der Waals surface area contributed by atoms with Crippen LogP contribution in [-0.2, 0) is 4.74 Å². The molecule has 2 unspecified atom stereocenters. The zero-order valence-electron chi connectivity index (χ0n) is 11.4. The van der Waals surface area contributed by atoms with Gasteiger partial charge in [0.15, 0.2) is 0 Å². The van der Waals surface area contributed by atoms with E-state index in [1.54, 1.807) is 0 Å². The van der Waals surface area contributed by atoms with Gasteiger partial charge in [-0.1, -0.05) is 37.3 Å². The van der Waals surface area contributed by atoms with E-state index in [0.717, 1.165) is 32.6 Å². The highest BCUT2D eigenvalue weighted by atomic mass is 16.5. The van der Waals surface area contributed by atoms with E-state index in [1.165, 1.54) is 5.56 Å². The average molecular weight is 248 g/mol. The minimum Gasteiger partial charge on any atom is -0.380 e. The van der Waals surface area contributed by atoms with Crippen LogP contribution in [0.4, 0.5) is 0 Å². The first-order valence-corrected chi connectivity index (χ1v) is 6.87. The van der Waals surface area contributed by atoms with Crippen molar-refractivity contribution in [2.24, 2.45) is 0 Å². The number of ether oxygens (including phenoxy) is 1. The summed E-state index contributed by atoms with van der Waals surface area (Å²) in [5.74, 6) is 0. The summed E-state index contributed by atoms with van der Waals surface area (Å²) in [6.07, 6.45) is 1.55. The first kappa shape index (κ1) is 13.5.